The summed E-state index contributed by atoms with van der Waals surface area (Å²) in [6.45, 7) is 1.43. The van der Waals surface area contributed by atoms with Crippen molar-refractivity contribution in [2.75, 3.05) is 12.9 Å². The minimum atomic E-state index is 0.574. The highest BCUT2D eigenvalue weighted by Crippen LogP contribution is 2.23. The van der Waals surface area contributed by atoms with Crippen molar-refractivity contribution in [1.82, 2.24) is 9.97 Å². The van der Waals surface area contributed by atoms with Gasteiger partial charge in [-0.1, -0.05) is 0 Å². The van der Waals surface area contributed by atoms with Crippen molar-refractivity contribution in [3.63, 3.8) is 0 Å². The molecular weight excluding hydrogens is 204 g/mol. The lowest BCUT2D eigenvalue weighted by molar-refractivity contribution is 0.106. The molecule has 0 fully saturated rings. The summed E-state index contributed by atoms with van der Waals surface area (Å²) < 4.78 is 5.95. The first-order valence-electron chi connectivity index (χ1n) is 4.05. The van der Waals surface area contributed by atoms with Crippen LogP contribution in [0.1, 0.15) is 11.3 Å². The van der Waals surface area contributed by atoms with Gasteiger partial charge in [-0.15, -0.1) is 11.8 Å². The van der Waals surface area contributed by atoms with Crippen molar-refractivity contribution in [3.8, 4) is 0 Å². The molecule has 0 aromatic carbocycles. The maximum atomic E-state index is 5.37. The van der Waals surface area contributed by atoms with Crippen LogP contribution in [0.2, 0.25) is 0 Å². The fourth-order valence-electron chi connectivity index (χ4n) is 1.40. The van der Waals surface area contributed by atoms with E-state index in [1.807, 2.05) is 6.26 Å². The number of thioether (sulfide) groups is 1. The van der Waals surface area contributed by atoms with Gasteiger partial charge in [-0.3, -0.25) is 0 Å². The lowest BCUT2D eigenvalue weighted by Crippen LogP contribution is -2.14. The Labute approximate surface area is 85.9 Å². The van der Waals surface area contributed by atoms with E-state index >= 15 is 0 Å². The van der Waals surface area contributed by atoms with E-state index in [0.717, 1.165) is 18.1 Å². The van der Waals surface area contributed by atoms with Crippen LogP contribution in [0.5, 0.6) is 0 Å². The number of hydrogen-bond acceptors (Lipinski definition) is 4. The molecule has 1 aromatic rings. The Balaban J connectivity index is 2.57. The van der Waals surface area contributed by atoms with Crippen molar-refractivity contribution in [3.05, 3.63) is 16.0 Å². The highest BCUT2D eigenvalue weighted by Gasteiger charge is 2.14. The molecule has 2 rings (SSSR count). The number of fused-ring (bicyclic) bond motifs is 1. The minimum absolute atomic E-state index is 0.574. The van der Waals surface area contributed by atoms with Gasteiger partial charge in [0.25, 0.3) is 0 Å². The van der Waals surface area contributed by atoms with Crippen LogP contribution in [-0.2, 0) is 17.8 Å². The molecule has 0 radical (unpaired) electrons. The van der Waals surface area contributed by atoms with Gasteiger partial charge in [0, 0.05) is 17.7 Å². The highest BCUT2D eigenvalue weighted by molar-refractivity contribution is 7.98. The van der Waals surface area contributed by atoms with Crippen LogP contribution < -0.4 is 0 Å². The standard InChI is InChI=1S/C8H10N2OS2/c1-13-7-5-4-11-3-2-6(5)9-8(12)10-7/h2-4H2,1H3,(H,9,10,12). The zero-order valence-corrected chi connectivity index (χ0v) is 8.93. The van der Waals surface area contributed by atoms with E-state index in [-0.39, 0.29) is 0 Å². The highest BCUT2D eigenvalue weighted by atomic mass is 32.2. The third-order valence-corrected chi connectivity index (χ3v) is 2.94. The Morgan fingerprint density at radius 2 is 2.46 bits per heavy atom. The molecule has 1 aromatic heterocycles. The number of rotatable bonds is 1. The van der Waals surface area contributed by atoms with Crippen LogP contribution in [0.3, 0.4) is 0 Å². The second-order valence-electron chi connectivity index (χ2n) is 2.81. The second kappa shape index (κ2) is 3.77. The van der Waals surface area contributed by atoms with E-state index in [4.69, 9.17) is 17.0 Å². The first kappa shape index (κ1) is 9.18. The van der Waals surface area contributed by atoms with E-state index in [2.05, 4.69) is 9.97 Å². The first-order valence-corrected chi connectivity index (χ1v) is 5.68. The molecule has 0 aliphatic carbocycles. The average Bonchev–Trinajstić information content (AvgIpc) is 2.16. The lowest BCUT2D eigenvalue weighted by atomic mass is 10.1. The van der Waals surface area contributed by atoms with Gasteiger partial charge in [-0.25, -0.2) is 4.98 Å². The van der Waals surface area contributed by atoms with Crippen molar-refractivity contribution >= 4 is 24.0 Å². The predicted molar refractivity (Wildman–Crippen MR) is 54.6 cm³/mol. The molecule has 13 heavy (non-hydrogen) atoms. The summed E-state index contributed by atoms with van der Waals surface area (Å²) in [5.74, 6) is 0. The second-order valence-corrected chi connectivity index (χ2v) is 3.99. The van der Waals surface area contributed by atoms with Crippen molar-refractivity contribution in [2.45, 2.75) is 18.1 Å². The molecule has 0 amide bonds. The third kappa shape index (κ3) is 1.77. The number of aromatic amines is 1. The van der Waals surface area contributed by atoms with Crippen LogP contribution in [-0.4, -0.2) is 22.8 Å². The summed E-state index contributed by atoms with van der Waals surface area (Å²) >= 11 is 6.65. The van der Waals surface area contributed by atoms with Crippen molar-refractivity contribution < 1.29 is 4.74 Å². The lowest BCUT2D eigenvalue weighted by Gasteiger charge is -2.17. The summed E-state index contributed by atoms with van der Waals surface area (Å²) in [5.41, 5.74) is 2.36. The average molecular weight is 214 g/mol. The number of nitrogens with one attached hydrogen (secondary N) is 1. The van der Waals surface area contributed by atoms with Gasteiger partial charge in [0.2, 0.25) is 0 Å². The van der Waals surface area contributed by atoms with E-state index in [1.54, 1.807) is 11.8 Å². The molecule has 1 N–H and O–H groups in total. The minimum Gasteiger partial charge on any atom is -0.376 e. The van der Waals surface area contributed by atoms with Crippen LogP contribution >= 0.6 is 24.0 Å². The molecule has 1 aliphatic heterocycles. The number of ether oxygens (including phenoxy) is 1. The Kier molecular flexibility index (Phi) is 2.66. The zero-order chi connectivity index (χ0) is 9.26. The van der Waals surface area contributed by atoms with E-state index < -0.39 is 0 Å². The van der Waals surface area contributed by atoms with Gasteiger partial charge >= 0.3 is 0 Å². The SMILES string of the molecule is CSc1nc(=S)[nH]c2c1COCC2. The van der Waals surface area contributed by atoms with Crippen LogP contribution in [0.4, 0.5) is 0 Å². The molecule has 0 spiro atoms. The zero-order valence-electron chi connectivity index (χ0n) is 7.29. The maximum Gasteiger partial charge on any atom is 0.198 e. The Morgan fingerprint density at radius 1 is 1.62 bits per heavy atom. The molecule has 0 unspecified atom stereocenters. The summed E-state index contributed by atoms with van der Waals surface area (Å²) in [5, 5.41) is 0.999. The normalized spacial score (nSPS) is 15.5. The largest absolute Gasteiger partial charge is 0.376 e. The van der Waals surface area contributed by atoms with E-state index in [1.165, 1.54) is 11.3 Å². The number of aromatic nitrogens is 2. The molecule has 0 saturated carbocycles. The van der Waals surface area contributed by atoms with E-state index in [0.29, 0.717) is 11.4 Å². The van der Waals surface area contributed by atoms with Crippen LogP contribution in [0, 0.1) is 4.77 Å². The van der Waals surface area contributed by atoms with Crippen LogP contribution in [0.15, 0.2) is 5.03 Å². The first-order chi connectivity index (χ1) is 6.31. The number of hydrogen-bond donors (Lipinski definition) is 1. The predicted octanol–water partition coefficient (Wildman–Crippen LogP) is 1.93. The fraction of sp³-hybridized carbons (Fsp3) is 0.500. The molecule has 2 heterocycles. The van der Waals surface area contributed by atoms with Gasteiger partial charge in [-0.05, 0) is 18.5 Å². The Hall–Kier alpha value is -0.390. The molecule has 70 valence electrons. The van der Waals surface area contributed by atoms with Crippen molar-refractivity contribution in [2.24, 2.45) is 0 Å². The van der Waals surface area contributed by atoms with Gasteiger partial charge in [0.1, 0.15) is 5.03 Å². The third-order valence-electron chi connectivity index (χ3n) is 2.02. The summed E-state index contributed by atoms with van der Waals surface area (Å²) in [6, 6.07) is 0. The molecule has 1 aliphatic rings. The Morgan fingerprint density at radius 3 is 3.23 bits per heavy atom. The number of H-pyrrole nitrogens is 1. The van der Waals surface area contributed by atoms with Gasteiger partial charge in [0.15, 0.2) is 4.77 Å². The molecule has 0 saturated heterocycles. The number of nitrogens with zero attached hydrogens (tertiary/aromatic N) is 1. The van der Waals surface area contributed by atoms with Gasteiger partial charge < -0.3 is 9.72 Å². The molecular formula is C8H10N2OS2. The maximum absolute atomic E-state index is 5.37. The topological polar surface area (TPSA) is 37.9 Å². The van der Waals surface area contributed by atoms with Crippen molar-refractivity contribution in [1.29, 1.82) is 0 Å². The summed E-state index contributed by atoms with van der Waals surface area (Å²) in [7, 11) is 0. The molecule has 5 heteroatoms. The summed E-state index contributed by atoms with van der Waals surface area (Å²) in [4.78, 5) is 7.36. The monoisotopic (exact) mass is 214 g/mol. The smallest absolute Gasteiger partial charge is 0.198 e. The quantitative estimate of drug-likeness (QED) is 0.440. The van der Waals surface area contributed by atoms with Gasteiger partial charge in [0.05, 0.1) is 13.2 Å². The van der Waals surface area contributed by atoms with Crippen LogP contribution in [0.25, 0.3) is 0 Å². The summed E-state index contributed by atoms with van der Waals surface area (Å²) in [6.07, 6.45) is 2.92. The fourth-order valence-corrected chi connectivity index (χ4v) is 2.28. The molecule has 0 atom stereocenters. The molecule has 3 nitrogen and oxygen atoms in total. The van der Waals surface area contributed by atoms with E-state index in [9.17, 15) is 0 Å². The van der Waals surface area contributed by atoms with Gasteiger partial charge in [-0.2, -0.15) is 0 Å². The molecule has 0 bridgehead atoms. The Bertz CT molecular complexity index is 355.